The summed E-state index contributed by atoms with van der Waals surface area (Å²) < 4.78 is 49.6. The van der Waals surface area contributed by atoms with E-state index in [1.165, 1.54) is 13.0 Å². The summed E-state index contributed by atoms with van der Waals surface area (Å²) in [5.41, 5.74) is -1.55. The average molecular weight is 287 g/mol. The van der Waals surface area contributed by atoms with Crippen LogP contribution in [0.5, 0.6) is 0 Å². The third kappa shape index (κ3) is 2.56. The lowest BCUT2D eigenvalue weighted by Crippen LogP contribution is -2.41. The average Bonchev–Trinajstić information content (AvgIpc) is 2.46. The van der Waals surface area contributed by atoms with E-state index in [2.05, 4.69) is 4.98 Å². The van der Waals surface area contributed by atoms with E-state index >= 15 is 0 Å². The molecule has 0 amide bonds. The molecule has 2 rings (SSSR count). The molecule has 3 nitrogen and oxygen atoms in total. The molecule has 0 N–H and O–H groups in total. The molecule has 0 radical (unpaired) electrons. The minimum Gasteiger partial charge on any atom is -0.398 e. The van der Waals surface area contributed by atoms with Gasteiger partial charge in [-0.3, -0.25) is 4.98 Å². The van der Waals surface area contributed by atoms with E-state index in [1.807, 2.05) is 27.7 Å². The summed E-state index contributed by atoms with van der Waals surface area (Å²) in [6.07, 6.45) is -4.40. The number of aryl methyl sites for hydroxylation is 1. The van der Waals surface area contributed by atoms with Crippen molar-refractivity contribution in [3.8, 4) is 0 Å². The van der Waals surface area contributed by atoms with Crippen molar-refractivity contribution in [2.24, 2.45) is 0 Å². The first-order valence-electron chi connectivity index (χ1n) is 6.34. The van der Waals surface area contributed by atoms with E-state index in [9.17, 15) is 13.2 Å². The molecule has 2 heterocycles. The molecule has 1 aromatic heterocycles. The van der Waals surface area contributed by atoms with Crippen molar-refractivity contribution >= 4 is 12.7 Å². The third-order valence-corrected chi connectivity index (χ3v) is 3.91. The van der Waals surface area contributed by atoms with E-state index < -0.39 is 30.1 Å². The second-order valence-corrected chi connectivity index (χ2v) is 5.96. The Labute approximate surface area is 116 Å². The summed E-state index contributed by atoms with van der Waals surface area (Å²) in [5.74, 6) is 0. The van der Waals surface area contributed by atoms with Gasteiger partial charge in [-0.25, -0.2) is 0 Å². The van der Waals surface area contributed by atoms with Gasteiger partial charge < -0.3 is 9.31 Å². The molecule has 110 valence electrons. The molecular weight excluding hydrogens is 270 g/mol. The highest BCUT2D eigenvalue weighted by Crippen LogP contribution is 2.36. The molecule has 1 saturated heterocycles. The van der Waals surface area contributed by atoms with E-state index in [0.717, 1.165) is 6.07 Å². The Kier molecular flexibility index (Phi) is 3.42. The first-order valence-corrected chi connectivity index (χ1v) is 6.34. The molecule has 0 atom stereocenters. The summed E-state index contributed by atoms with van der Waals surface area (Å²) in [6.45, 7) is 8.85. The summed E-state index contributed by atoms with van der Waals surface area (Å²) in [6, 6.07) is 2.32. The van der Waals surface area contributed by atoms with Gasteiger partial charge in [0, 0.05) is 5.69 Å². The maximum Gasteiger partial charge on any atom is 0.514 e. The van der Waals surface area contributed by atoms with Gasteiger partial charge >= 0.3 is 13.3 Å². The molecule has 20 heavy (non-hydrogen) atoms. The van der Waals surface area contributed by atoms with Crippen molar-refractivity contribution in [1.82, 2.24) is 4.98 Å². The number of pyridine rings is 1. The van der Waals surface area contributed by atoms with Crippen LogP contribution in [0.2, 0.25) is 0 Å². The summed E-state index contributed by atoms with van der Waals surface area (Å²) in [5, 5.41) is 0. The Morgan fingerprint density at radius 1 is 1.05 bits per heavy atom. The second-order valence-electron chi connectivity index (χ2n) is 5.96. The van der Waals surface area contributed by atoms with Crippen molar-refractivity contribution in [1.29, 1.82) is 0 Å². The van der Waals surface area contributed by atoms with Gasteiger partial charge in [-0.15, -0.1) is 0 Å². The maximum atomic E-state index is 12.7. The Bertz CT molecular complexity index is 513. The molecule has 0 aromatic carbocycles. The molecule has 1 aliphatic heterocycles. The number of nitrogens with zero attached hydrogens (tertiary/aromatic N) is 1. The first kappa shape index (κ1) is 15.3. The molecule has 0 saturated carbocycles. The van der Waals surface area contributed by atoms with E-state index in [4.69, 9.17) is 9.31 Å². The Morgan fingerprint density at radius 2 is 1.55 bits per heavy atom. The van der Waals surface area contributed by atoms with Crippen LogP contribution in [-0.4, -0.2) is 23.3 Å². The largest absolute Gasteiger partial charge is 0.514 e. The lowest BCUT2D eigenvalue weighted by atomic mass is 9.83. The van der Waals surface area contributed by atoms with E-state index in [0.29, 0.717) is 5.59 Å². The summed E-state index contributed by atoms with van der Waals surface area (Å²) >= 11 is 0. The normalized spacial score (nSPS) is 21.3. The van der Waals surface area contributed by atoms with Crippen LogP contribution in [0, 0.1) is 6.92 Å². The van der Waals surface area contributed by atoms with Crippen molar-refractivity contribution in [3.05, 3.63) is 23.4 Å². The van der Waals surface area contributed by atoms with Crippen LogP contribution in [-0.2, 0) is 15.5 Å². The van der Waals surface area contributed by atoms with Gasteiger partial charge in [-0.1, -0.05) is 0 Å². The summed E-state index contributed by atoms with van der Waals surface area (Å²) in [7, 11) is -0.749. The zero-order valence-corrected chi connectivity index (χ0v) is 12.1. The van der Waals surface area contributed by atoms with Gasteiger partial charge in [0.25, 0.3) is 0 Å². The van der Waals surface area contributed by atoms with Gasteiger partial charge in [0.05, 0.1) is 22.4 Å². The van der Waals surface area contributed by atoms with Crippen LogP contribution >= 0.6 is 0 Å². The highest BCUT2D eigenvalue weighted by molar-refractivity contribution is 6.61. The fourth-order valence-electron chi connectivity index (χ4n) is 1.98. The third-order valence-electron chi connectivity index (χ3n) is 3.91. The maximum absolute atomic E-state index is 12.7. The van der Waals surface area contributed by atoms with Crippen LogP contribution in [0.25, 0.3) is 0 Å². The molecule has 0 spiro atoms. The van der Waals surface area contributed by atoms with Gasteiger partial charge in [0.1, 0.15) is 0 Å². The lowest BCUT2D eigenvalue weighted by Gasteiger charge is -2.32. The summed E-state index contributed by atoms with van der Waals surface area (Å²) in [4.78, 5) is 3.98. The molecule has 1 aliphatic rings. The fourth-order valence-corrected chi connectivity index (χ4v) is 1.98. The quantitative estimate of drug-likeness (QED) is 0.744. The highest BCUT2D eigenvalue weighted by Gasteiger charge is 2.52. The smallest absolute Gasteiger partial charge is 0.398 e. The number of aromatic nitrogens is 1. The van der Waals surface area contributed by atoms with Crippen LogP contribution in [0.4, 0.5) is 13.2 Å². The van der Waals surface area contributed by atoms with Crippen molar-refractivity contribution in [2.75, 3.05) is 0 Å². The van der Waals surface area contributed by atoms with Crippen molar-refractivity contribution < 1.29 is 22.5 Å². The Hall–Kier alpha value is -1.08. The number of hydrogen-bond donors (Lipinski definition) is 0. The number of rotatable bonds is 1. The predicted octanol–water partition coefficient (Wildman–Crippen LogP) is 2.71. The lowest BCUT2D eigenvalue weighted by molar-refractivity contribution is -0.138. The number of halogens is 3. The first-order chi connectivity index (χ1) is 8.94. The Balaban J connectivity index is 2.31. The topological polar surface area (TPSA) is 31.4 Å². The zero-order valence-electron chi connectivity index (χ0n) is 12.1. The fraction of sp³-hybridized carbons (Fsp3) is 0.615. The molecule has 0 aliphatic carbocycles. The van der Waals surface area contributed by atoms with Crippen molar-refractivity contribution in [2.45, 2.75) is 52.0 Å². The van der Waals surface area contributed by atoms with Crippen LogP contribution < -0.4 is 5.59 Å². The number of alkyl halides is 3. The van der Waals surface area contributed by atoms with E-state index in [1.54, 1.807) is 0 Å². The molecule has 1 aromatic rings. The zero-order chi connectivity index (χ0) is 15.3. The second kappa shape index (κ2) is 4.46. The van der Waals surface area contributed by atoms with Gasteiger partial charge in [-0.2, -0.15) is 13.2 Å². The molecular formula is C13H17BF3NO2. The molecule has 7 heteroatoms. The predicted molar refractivity (Wildman–Crippen MR) is 69.7 cm³/mol. The number of hydrogen-bond acceptors (Lipinski definition) is 3. The monoisotopic (exact) mass is 287 g/mol. The van der Waals surface area contributed by atoms with Gasteiger partial charge in [0.15, 0.2) is 0 Å². The van der Waals surface area contributed by atoms with E-state index in [-0.39, 0.29) is 5.69 Å². The molecule has 0 bridgehead atoms. The van der Waals surface area contributed by atoms with Gasteiger partial charge in [-0.05, 0) is 46.8 Å². The van der Waals surface area contributed by atoms with Crippen LogP contribution in [0.1, 0.15) is 39.0 Å². The van der Waals surface area contributed by atoms with Gasteiger partial charge in [0.2, 0.25) is 0 Å². The molecule has 0 unspecified atom stereocenters. The standard InChI is InChI=1S/C13H17BF3NO2/c1-8-9(13(15,16)17)6-7-10(18-8)14-19-11(2,3)12(4,5)20-14/h6-7H,1-5H3. The molecule has 1 fully saturated rings. The minimum absolute atomic E-state index is 0.0790. The van der Waals surface area contributed by atoms with Crippen LogP contribution in [0.3, 0.4) is 0 Å². The van der Waals surface area contributed by atoms with Crippen molar-refractivity contribution in [3.63, 3.8) is 0 Å². The SMILES string of the molecule is Cc1nc(B2OC(C)(C)C(C)(C)O2)ccc1C(F)(F)F. The minimum atomic E-state index is -4.40. The Morgan fingerprint density at radius 3 is 1.95 bits per heavy atom. The highest BCUT2D eigenvalue weighted by atomic mass is 19.4. The van der Waals surface area contributed by atoms with Crippen LogP contribution in [0.15, 0.2) is 12.1 Å².